The first kappa shape index (κ1) is 24.5. The fraction of sp³-hybridized carbons (Fsp3) is 0.519. The Morgan fingerprint density at radius 2 is 1.47 bits per heavy atom. The van der Waals surface area contributed by atoms with Crippen molar-refractivity contribution in [2.24, 2.45) is 5.92 Å². The third-order valence-corrected chi connectivity index (χ3v) is 6.06. The van der Waals surface area contributed by atoms with E-state index >= 15 is 0 Å². The van der Waals surface area contributed by atoms with Crippen molar-refractivity contribution in [3.8, 4) is 16.9 Å². The Balaban J connectivity index is 1.83. The number of unbranched alkanes of at least 4 members (excludes halogenated alkanes) is 7. The highest BCUT2D eigenvalue weighted by Gasteiger charge is 2.15. The Bertz CT molecular complexity index is 767. The molecule has 0 aliphatic rings. The standard InChI is InChI=1S/C27H37ClO2/c1-4-6-7-8-9-10-11-12-13-22-14-16-23(17-15-22)24-18-19-26(25(28)20-24)30-27(29)21(3)5-2/h14-21H,4-13H2,1-3H3. The maximum absolute atomic E-state index is 12.0. The van der Waals surface area contributed by atoms with E-state index in [0.29, 0.717) is 10.8 Å². The summed E-state index contributed by atoms with van der Waals surface area (Å²) in [6.45, 7) is 6.09. The van der Waals surface area contributed by atoms with Gasteiger partial charge in [0.05, 0.1) is 10.9 Å². The molecule has 0 heterocycles. The second-order valence-corrected chi connectivity index (χ2v) is 8.70. The average molecular weight is 429 g/mol. The first-order valence-corrected chi connectivity index (χ1v) is 12.0. The Morgan fingerprint density at radius 3 is 2.07 bits per heavy atom. The summed E-state index contributed by atoms with van der Waals surface area (Å²) in [4.78, 5) is 12.0. The maximum atomic E-state index is 12.0. The molecule has 2 aromatic rings. The molecule has 0 fully saturated rings. The fourth-order valence-electron chi connectivity index (χ4n) is 3.47. The molecule has 0 radical (unpaired) electrons. The van der Waals surface area contributed by atoms with Gasteiger partial charge in [0.2, 0.25) is 0 Å². The number of aryl methyl sites for hydroxylation is 1. The molecule has 2 aromatic carbocycles. The Labute approximate surface area is 188 Å². The van der Waals surface area contributed by atoms with Gasteiger partial charge in [0.15, 0.2) is 0 Å². The van der Waals surface area contributed by atoms with Crippen molar-refractivity contribution in [2.45, 2.75) is 85.0 Å². The molecule has 1 unspecified atom stereocenters. The minimum absolute atomic E-state index is 0.130. The molecule has 0 aliphatic carbocycles. The molecule has 2 nitrogen and oxygen atoms in total. The van der Waals surface area contributed by atoms with Crippen LogP contribution in [-0.4, -0.2) is 5.97 Å². The van der Waals surface area contributed by atoms with E-state index in [0.717, 1.165) is 24.0 Å². The smallest absolute Gasteiger partial charge is 0.314 e. The minimum atomic E-state index is -0.238. The molecule has 0 saturated carbocycles. The van der Waals surface area contributed by atoms with E-state index in [1.54, 1.807) is 6.07 Å². The molecule has 2 rings (SSSR count). The molecule has 0 aliphatic heterocycles. The van der Waals surface area contributed by atoms with Crippen molar-refractivity contribution in [1.82, 2.24) is 0 Å². The lowest BCUT2D eigenvalue weighted by Gasteiger charge is -2.11. The third kappa shape index (κ3) is 8.14. The van der Waals surface area contributed by atoms with E-state index in [1.807, 2.05) is 26.0 Å². The first-order valence-electron chi connectivity index (χ1n) is 11.7. The van der Waals surface area contributed by atoms with Crippen molar-refractivity contribution in [2.75, 3.05) is 0 Å². The lowest BCUT2D eigenvalue weighted by atomic mass is 10.0. The average Bonchev–Trinajstić information content (AvgIpc) is 2.76. The maximum Gasteiger partial charge on any atom is 0.314 e. The number of esters is 1. The quantitative estimate of drug-likeness (QED) is 0.181. The van der Waals surface area contributed by atoms with Crippen LogP contribution in [-0.2, 0) is 11.2 Å². The predicted octanol–water partition coefficient (Wildman–Crippen LogP) is 8.64. The van der Waals surface area contributed by atoms with E-state index in [-0.39, 0.29) is 11.9 Å². The first-order chi connectivity index (χ1) is 14.5. The Hall–Kier alpha value is -1.80. The number of hydrogen-bond donors (Lipinski definition) is 0. The van der Waals surface area contributed by atoms with Crippen LogP contribution in [0.25, 0.3) is 11.1 Å². The van der Waals surface area contributed by atoms with Crippen LogP contribution in [0.4, 0.5) is 0 Å². The second kappa shape index (κ2) is 13.5. The third-order valence-electron chi connectivity index (χ3n) is 5.76. The zero-order valence-corrected chi connectivity index (χ0v) is 19.6. The largest absolute Gasteiger partial charge is 0.425 e. The molecule has 0 amide bonds. The molecule has 0 saturated heterocycles. The van der Waals surface area contributed by atoms with E-state index in [9.17, 15) is 4.79 Å². The summed E-state index contributed by atoms with van der Waals surface area (Å²) >= 11 is 6.36. The fourth-order valence-corrected chi connectivity index (χ4v) is 3.68. The van der Waals surface area contributed by atoms with Crippen molar-refractivity contribution >= 4 is 17.6 Å². The van der Waals surface area contributed by atoms with Crippen LogP contribution in [0.1, 0.15) is 84.1 Å². The molecule has 164 valence electrons. The molecule has 0 N–H and O–H groups in total. The highest BCUT2D eigenvalue weighted by atomic mass is 35.5. The number of hydrogen-bond acceptors (Lipinski definition) is 2. The lowest BCUT2D eigenvalue weighted by Crippen LogP contribution is -2.17. The van der Waals surface area contributed by atoms with Crippen molar-refractivity contribution in [3.05, 3.63) is 53.1 Å². The molecule has 3 heteroatoms. The number of ether oxygens (including phenoxy) is 1. The van der Waals surface area contributed by atoms with Gasteiger partial charge in [-0.15, -0.1) is 0 Å². The topological polar surface area (TPSA) is 26.3 Å². The van der Waals surface area contributed by atoms with Gasteiger partial charge < -0.3 is 4.74 Å². The Kier molecular flexibility index (Phi) is 11.0. The molecular formula is C27H37ClO2. The van der Waals surface area contributed by atoms with Gasteiger partial charge in [-0.2, -0.15) is 0 Å². The van der Waals surface area contributed by atoms with Gasteiger partial charge in [-0.1, -0.05) is 108 Å². The second-order valence-electron chi connectivity index (χ2n) is 8.30. The minimum Gasteiger partial charge on any atom is -0.425 e. The molecule has 1 atom stereocenters. The summed E-state index contributed by atoms with van der Waals surface area (Å²) in [6, 6.07) is 14.3. The summed E-state index contributed by atoms with van der Waals surface area (Å²) < 4.78 is 5.43. The SMILES string of the molecule is CCCCCCCCCCc1ccc(-c2ccc(OC(=O)C(C)CC)c(Cl)c2)cc1. The van der Waals surface area contributed by atoms with Gasteiger partial charge in [0.25, 0.3) is 0 Å². The molecule has 0 bridgehead atoms. The van der Waals surface area contributed by atoms with Gasteiger partial charge in [-0.3, -0.25) is 4.79 Å². The van der Waals surface area contributed by atoms with E-state index < -0.39 is 0 Å². The van der Waals surface area contributed by atoms with Crippen LogP contribution in [0.2, 0.25) is 5.02 Å². The summed E-state index contributed by atoms with van der Waals surface area (Å²) in [5.41, 5.74) is 3.54. The van der Waals surface area contributed by atoms with Crippen molar-refractivity contribution < 1.29 is 9.53 Å². The van der Waals surface area contributed by atoms with Gasteiger partial charge >= 0.3 is 5.97 Å². The van der Waals surface area contributed by atoms with E-state index in [1.165, 1.54) is 56.9 Å². The molecule has 0 spiro atoms. The molecular weight excluding hydrogens is 392 g/mol. The van der Waals surface area contributed by atoms with Gasteiger partial charge in [-0.25, -0.2) is 0 Å². The summed E-state index contributed by atoms with van der Waals surface area (Å²) in [5, 5.41) is 0.465. The number of rotatable bonds is 13. The van der Waals surface area contributed by atoms with Crippen LogP contribution < -0.4 is 4.74 Å². The zero-order chi connectivity index (χ0) is 21.8. The van der Waals surface area contributed by atoms with Crippen molar-refractivity contribution in [1.29, 1.82) is 0 Å². The number of carbonyl (C=O) groups is 1. The number of halogens is 1. The van der Waals surface area contributed by atoms with Crippen LogP contribution in [0.15, 0.2) is 42.5 Å². The lowest BCUT2D eigenvalue weighted by molar-refractivity contribution is -0.138. The summed E-state index contributed by atoms with van der Waals surface area (Å²) in [5.74, 6) is 0.0591. The van der Waals surface area contributed by atoms with Gasteiger partial charge in [0.1, 0.15) is 5.75 Å². The summed E-state index contributed by atoms with van der Waals surface area (Å²) in [7, 11) is 0. The van der Waals surface area contributed by atoms with Gasteiger partial charge in [-0.05, 0) is 48.1 Å². The van der Waals surface area contributed by atoms with E-state index in [4.69, 9.17) is 16.3 Å². The number of carbonyl (C=O) groups excluding carboxylic acids is 1. The van der Waals surface area contributed by atoms with Crippen LogP contribution >= 0.6 is 11.6 Å². The van der Waals surface area contributed by atoms with Crippen LogP contribution in [0, 0.1) is 5.92 Å². The van der Waals surface area contributed by atoms with Crippen molar-refractivity contribution in [3.63, 3.8) is 0 Å². The Morgan fingerprint density at radius 1 is 0.867 bits per heavy atom. The van der Waals surface area contributed by atoms with Gasteiger partial charge in [0, 0.05) is 0 Å². The van der Waals surface area contributed by atoms with E-state index in [2.05, 4.69) is 31.2 Å². The molecule has 30 heavy (non-hydrogen) atoms. The predicted molar refractivity (Wildman–Crippen MR) is 128 cm³/mol. The summed E-state index contributed by atoms with van der Waals surface area (Å²) in [6.07, 6.45) is 12.7. The highest BCUT2D eigenvalue weighted by molar-refractivity contribution is 6.32. The monoisotopic (exact) mass is 428 g/mol. The van der Waals surface area contributed by atoms with Crippen LogP contribution in [0.3, 0.4) is 0 Å². The van der Waals surface area contributed by atoms with Crippen LogP contribution in [0.5, 0.6) is 5.75 Å². The highest BCUT2D eigenvalue weighted by Crippen LogP contribution is 2.31. The zero-order valence-electron chi connectivity index (χ0n) is 18.9. The molecule has 0 aromatic heterocycles. The normalized spacial score (nSPS) is 12.0. The number of benzene rings is 2.